The van der Waals surface area contributed by atoms with Crippen LogP contribution in [-0.4, -0.2) is 36.2 Å². The zero-order chi connectivity index (χ0) is 19.2. The summed E-state index contributed by atoms with van der Waals surface area (Å²) in [6, 6.07) is 2.34. The van der Waals surface area contributed by atoms with Crippen molar-refractivity contribution < 1.29 is 13.2 Å². The SMILES string of the molecule is CC1CCc2nc(NC(=O)C3CCCN3S(=O)(=O)c3ccc(Cl)s3)sc2C1. The molecule has 6 nitrogen and oxygen atoms in total. The molecule has 0 saturated carbocycles. The van der Waals surface area contributed by atoms with Gasteiger partial charge in [0.15, 0.2) is 5.13 Å². The Morgan fingerprint density at radius 2 is 2.15 bits per heavy atom. The van der Waals surface area contributed by atoms with Crippen LogP contribution < -0.4 is 5.32 Å². The molecular weight excluding hydrogens is 426 g/mol. The predicted octanol–water partition coefficient (Wildman–Crippen LogP) is 3.77. The number of hydrogen-bond acceptors (Lipinski definition) is 6. The van der Waals surface area contributed by atoms with E-state index in [4.69, 9.17) is 11.6 Å². The number of carbonyl (C=O) groups excluding carboxylic acids is 1. The Hall–Kier alpha value is -1.000. The standard InChI is InChI=1S/C17H20ClN3O3S3/c1-10-4-5-11-13(9-10)25-17(19-11)20-16(22)12-3-2-8-21(12)27(23,24)15-7-6-14(18)26-15/h6-7,10,12H,2-5,8-9H2,1H3,(H,19,20,22). The average molecular weight is 446 g/mol. The number of anilines is 1. The zero-order valence-electron chi connectivity index (χ0n) is 14.8. The van der Waals surface area contributed by atoms with E-state index in [-0.39, 0.29) is 10.1 Å². The van der Waals surface area contributed by atoms with Crippen molar-refractivity contribution in [2.75, 3.05) is 11.9 Å². The molecule has 1 fully saturated rings. The molecule has 0 bridgehead atoms. The molecule has 2 aromatic rings. The molecule has 27 heavy (non-hydrogen) atoms. The fourth-order valence-electron chi connectivity index (χ4n) is 3.62. The van der Waals surface area contributed by atoms with Gasteiger partial charge in [-0.15, -0.1) is 22.7 Å². The van der Waals surface area contributed by atoms with E-state index < -0.39 is 16.1 Å². The number of nitrogens with one attached hydrogen (secondary N) is 1. The number of amides is 1. The molecule has 1 saturated heterocycles. The molecule has 10 heteroatoms. The highest BCUT2D eigenvalue weighted by atomic mass is 35.5. The second-order valence-corrected chi connectivity index (χ2v) is 12.0. The van der Waals surface area contributed by atoms with Gasteiger partial charge in [0.25, 0.3) is 10.0 Å². The summed E-state index contributed by atoms with van der Waals surface area (Å²) in [7, 11) is -3.72. The summed E-state index contributed by atoms with van der Waals surface area (Å²) in [4.78, 5) is 18.6. The molecule has 3 heterocycles. The fourth-order valence-corrected chi connectivity index (χ4v) is 8.07. The van der Waals surface area contributed by atoms with E-state index in [0.717, 1.165) is 36.3 Å². The van der Waals surface area contributed by atoms with E-state index in [1.807, 2.05) is 0 Å². The molecule has 146 valence electrons. The van der Waals surface area contributed by atoms with Crippen LogP contribution in [0.15, 0.2) is 16.3 Å². The fraction of sp³-hybridized carbons (Fsp3) is 0.529. The van der Waals surface area contributed by atoms with E-state index in [1.165, 1.54) is 26.6 Å². The molecule has 4 rings (SSSR count). The number of thiazole rings is 1. The van der Waals surface area contributed by atoms with Gasteiger partial charge in [-0.1, -0.05) is 18.5 Å². The lowest BCUT2D eigenvalue weighted by atomic mass is 9.93. The largest absolute Gasteiger partial charge is 0.301 e. The molecule has 0 radical (unpaired) electrons. The summed E-state index contributed by atoms with van der Waals surface area (Å²) in [5, 5.41) is 3.43. The van der Waals surface area contributed by atoms with Crippen LogP contribution in [0.25, 0.3) is 0 Å². The quantitative estimate of drug-likeness (QED) is 0.776. The minimum Gasteiger partial charge on any atom is -0.301 e. The van der Waals surface area contributed by atoms with Gasteiger partial charge >= 0.3 is 0 Å². The molecule has 2 aromatic heterocycles. The van der Waals surface area contributed by atoms with Gasteiger partial charge in [-0.3, -0.25) is 4.79 Å². The van der Waals surface area contributed by atoms with Crippen molar-refractivity contribution in [2.24, 2.45) is 5.92 Å². The van der Waals surface area contributed by atoms with Crippen molar-refractivity contribution in [1.29, 1.82) is 0 Å². The maximum Gasteiger partial charge on any atom is 0.253 e. The molecule has 2 aliphatic rings. The summed E-state index contributed by atoms with van der Waals surface area (Å²) in [6.45, 7) is 2.56. The van der Waals surface area contributed by atoms with Crippen LogP contribution in [0.4, 0.5) is 5.13 Å². The lowest BCUT2D eigenvalue weighted by molar-refractivity contribution is -0.119. The van der Waals surface area contributed by atoms with Gasteiger partial charge in [-0.25, -0.2) is 13.4 Å². The Morgan fingerprint density at radius 3 is 2.89 bits per heavy atom. The Morgan fingerprint density at radius 1 is 1.33 bits per heavy atom. The number of nitrogens with zero attached hydrogens (tertiary/aromatic N) is 2. The Kier molecular flexibility index (Phi) is 5.32. The Labute approximate surface area is 171 Å². The van der Waals surface area contributed by atoms with Crippen molar-refractivity contribution in [1.82, 2.24) is 9.29 Å². The van der Waals surface area contributed by atoms with Crippen LogP contribution in [0.3, 0.4) is 0 Å². The third-order valence-electron chi connectivity index (χ3n) is 5.03. The molecule has 0 aromatic carbocycles. The second-order valence-electron chi connectivity index (χ2n) is 7.06. The maximum absolute atomic E-state index is 12.9. The Balaban J connectivity index is 1.51. The van der Waals surface area contributed by atoms with Crippen molar-refractivity contribution in [2.45, 2.75) is 49.3 Å². The summed E-state index contributed by atoms with van der Waals surface area (Å²) >= 11 is 8.41. The first kappa shape index (κ1) is 19.3. The van der Waals surface area contributed by atoms with Gasteiger partial charge in [0, 0.05) is 11.4 Å². The van der Waals surface area contributed by atoms with Gasteiger partial charge in [-0.2, -0.15) is 4.31 Å². The maximum atomic E-state index is 12.9. The van der Waals surface area contributed by atoms with Crippen LogP contribution >= 0.6 is 34.3 Å². The Bertz CT molecular complexity index is 969. The molecule has 2 atom stereocenters. The first-order valence-corrected chi connectivity index (χ1v) is 12.4. The minimum absolute atomic E-state index is 0.172. The van der Waals surface area contributed by atoms with E-state index in [2.05, 4.69) is 17.2 Å². The van der Waals surface area contributed by atoms with Gasteiger partial charge < -0.3 is 5.32 Å². The van der Waals surface area contributed by atoms with Crippen LogP contribution in [0.1, 0.15) is 36.8 Å². The van der Waals surface area contributed by atoms with Crippen molar-refractivity contribution in [3.8, 4) is 0 Å². The van der Waals surface area contributed by atoms with Crippen molar-refractivity contribution in [3.05, 3.63) is 27.0 Å². The van der Waals surface area contributed by atoms with Crippen molar-refractivity contribution in [3.63, 3.8) is 0 Å². The third-order valence-corrected chi connectivity index (χ3v) is 9.68. The third kappa shape index (κ3) is 3.80. The summed E-state index contributed by atoms with van der Waals surface area (Å²) in [5.74, 6) is 0.326. The highest BCUT2D eigenvalue weighted by molar-refractivity contribution is 7.91. The number of rotatable bonds is 4. The molecular formula is C17H20ClN3O3S3. The van der Waals surface area contributed by atoms with Gasteiger partial charge in [-0.05, 0) is 50.2 Å². The second kappa shape index (κ2) is 7.44. The number of aryl methyl sites for hydroxylation is 1. The van der Waals surface area contributed by atoms with Crippen LogP contribution in [-0.2, 0) is 27.7 Å². The first-order chi connectivity index (χ1) is 12.8. The highest BCUT2D eigenvalue weighted by Gasteiger charge is 2.40. The van der Waals surface area contributed by atoms with Crippen molar-refractivity contribution >= 4 is 55.3 Å². The number of fused-ring (bicyclic) bond motifs is 1. The van der Waals surface area contributed by atoms with Gasteiger partial charge in [0.1, 0.15) is 10.3 Å². The number of hydrogen-bond donors (Lipinski definition) is 1. The minimum atomic E-state index is -3.72. The van der Waals surface area contributed by atoms with E-state index in [0.29, 0.717) is 34.8 Å². The number of aromatic nitrogens is 1. The molecule has 1 aliphatic carbocycles. The summed E-state index contributed by atoms with van der Waals surface area (Å²) in [5.41, 5.74) is 1.07. The molecule has 1 N–H and O–H groups in total. The number of halogens is 1. The summed E-state index contributed by atoms with van der Waals surface area (Å²) in [6.07, 6.45) is 4.20. The van der Waals surface area contributed by atoms with E-state index >= 15 is 0 Å². The number of carbonyl (C=O) groups is 1. The van der Waals surface area contributed by atoms with Gasteiger partial charge in [0.2, 0.25) is 5.91 Å². The smallest absolute Gasteiger partial charge is 0.253 e. The zero-order valence-corrected chi connectivity index (χ0v) is 18.0. The predicted molar refractivity (Wildman–Crippen MR) is 108 cm³/mol. The summed E-state index contributed by atoms with van der Waals surface area (Å²) < 4.78 is 27.7. The number of sulfonamides is 1. The lowest BCUT2D eigenvalue weighted by Crippen LogP contribution is -2.42. The molecule has 2 unspecified atom stereocenters. The topological polar surface area (TPSA) is 79.4 Å². The van der Waals surface area contributed by atoms with E-state index in [9.17, 15) is 13.2 Å². The highest BCUT2D eigenvalue weighted by Crippen LogP contribution is 2.34. The van der Waals surface area contributed by atoms with E-state index in [1.54, 1.807) is 6.07 Å². The van der Waals surface area contributed by atoms with Crippen LogP contribution in [0, 0.1) is 5.92 Å². The van der Waals surface area contributed by atoms with Crippen LogP contribution in [0.2, 0.25) is 4.34 Å². The number of thiophene rings is 1. The average Bonchev–Trinajstić information content (AvgIpc) is 3.32. The molecule has 0 spiro atoms. The molecule has 1 aliphatic heterocycles. The normalized spacial score (nSPS) is 23.3. The first-order valence-electron chi connectivity index (χ1n) is 8.91. The van der Waals surface area contributed by atoms with Gasteiger partial charge in [0.05, 0.1) is 10.0 Å². The van der Waals surface area contributed by atoms with Crippen LogP contribution in [0.5, 0.6) is 0 Å². The molecule has 1 amide bonds. The lowest BCUT2D eigenvalue weighted by Gasteiger charge is -2.22. The monoisotopic (exact) mass is 445 g/mol.